The third kappa shape index (κ3) is 2.88. The minimum atomic E-state index is 0.714. The van der Waals surface area contributed by atoms with Gasteiger partial charge >= 0.3 is 0 Å². The normalized spacial score (nSPS) is 16.1. The summed E-state index contributed by atoms with van der Waals surface area (Å²) in [5.74, 6) is 1.56. The lowest BCUT2D eigenvalue weighted by Crippen LogP contribution is -2.19. The highest BCUT2D eigenvalue weighted by atomic mass is 79.9. The molecule has 82 valence electrons. The van der Waals surface area contributed by atoms with Gasteiger partial charge in [0.25, 0.3) is 0 Å². The van der Waals surface area contributed by atoms with Crippen molar-refractivity contribution < 1.29 is 4.74 Å². The van der Waals surface area contributed by atoms with Gasteiger partial charge in [-0.05, 0) is 36.5 Å². The molecule has 0 saturated heterocycles. The van der Waals surface area contributed by atoms with Gasteiger partial charge in [0.05, 0.1) is 11.6 Å². The first-order chi connectivity index (χ1) is 7.29. The minimum Gasteiger partial charge on any atom is -0.492 e. The van der Waals surface area contributed by atoms with E-state index in [4.69, 9.17) is 16.3 Å². The van der Waals surface area contributed by atoms with Crippen molar-refractivity contribution in [3.05, 3.63) is 28.8 Å². The van der Waals surface area contributed by atoms with E-state index in [9.17, 15) is 0 Å². The van der Waals surface area contributed by atoms with Gasteiger partial charge < -0.3 is 4.74 Å². The molecule has 1 aliphatic carbocycles. The molecule has 1 aromatic carbocycles. The molecule has 3 heteroatoms. The van der Waals surface area contributed by atoms with E-state index in [1.165, 1.54) is 24.8 Å². The lowest BCUT2D eigenvalue weighted by atomic mass is 9.86. The lowest BCUT2D eigenvalue weighted by molar-refractivity contribution is 0.180. The van der Waals surface area contributed by atoms with Crippen LogP contribution in [0.3, 0.4) is 0 Å². The van der Waals surface area contributed by atoms with Gasteiger partial charge in [0.2, 0.25) is 0 Å². The predicted octanol–water partition coefficient (Wildman–Crippen LogP) is 4.41. The average Bonchev–Trinajstić information content (AvgIpc) is 2.18. The summed E-state index contributed by atoms with van der Waals surface area (Å²) < 4.78 is 5.69. The number of hydrogen-bond acceptors (Lipinski definition) is 1. The number of halogens is 2. The van der Waals surface area contributed by atoms with Crippen molar-refractivity contribution >= 4 is 27.5 Å². The van der Waals surface area contributed by atoms with Gasteiger partial charge in [-0.25, -0.2) is 0 Å². The van der Waals surface area contributed by atoms with Crippen LogP contribution in [0.15, 0.2) is 18.2 Å². The molecule has 1 aliphatic rings. The van der Waals surface area contributed by atoms with Gasteiger partial charge in [-0.2, -0.15) is 0 Å². The number of alkyl halides is 1. The Morgan fingerprint density at radius 2 is 2.20 bits per heavy atom. The zero-order valence-corrected chi connectivity index (χ0v) is 10.9. The molecule has 0 spiro atoms. The van der Waals surface area contributed by atoms with E-state index in [1.54, 1.807) is 0 Å². The fourth-order valence-corrected chi connectivity index (χ4v) is 2.22. The third-order valence-corrected chi connectivity index (χ3v) is 3.79. The highest BCUT2D eigenvalue weighted by Gasteiger charge is 2.18. The van der Waals surface area contributed by atoms with Crippen molar-refractivity contribution in [2.45, 2.75) is 24.6 Å². The second-order valence-electron chi connectivity index (χ2n) is 4.01. The Morgan fingerprint density at radius 3 is 2.73 bits per heavy atom. The van der Waals surface area contributed by atoms with Gasteiger partial charge in [-0.15, -0.1) is 0 Å². The molecule has 0 radical (unpaired) electrons. The summed E-state index contributed by atoms with van der Waals surface area (Å²) in [6, 6.07) is 5.95. The molecular formula is C12H14BrClO. The Labute approximate surface area is 104 Å². The maximum Gasteiger partial charge on any atom is 0.137 e. The molecule has 1 fully saturated rings. The van der Waals surface area contributed by atoms with Gasteiger partial charge in [-0.3, -0.25) is 0 Å². The number of rotatable bonds is 4. The van der Waals surface area contributed by atoms with Crippen LogP contribution in [0.4, 0.5) is 0 Å². The largest absolute Gasteiger partial charge is 0.492 e. The van der Waals surface area contributed by atoms with E-state index in [0.717, 1.165) is 23.6 Å². The van der Waals surface area contributed by atoms with E-state index in [-0.39, 0.29) is 0 Å². The first-order valence-electron chi connectivity index (χ1n) is 5.27. The number of hydrogen-bond donors (Lipinski definition) is 0. The van der Waals surface area contributed by atoms with Crippen molar-refractivity contribution in [3.63, 3.8) is 0 Å². The van der Waals surface area contributed by atoms with E-state index in [1.807, 2.05) is 18.2 Å². The van der Waals surface area contributed by atoms with E-state index < -0.39 is 0 Å². The van der Waals surface area contributed by atoms with E-state index in [2.05, 4.69) is 15.9 Å². The molecule has 0 amide bonds. The summed E-state index contributed by atoms with van der Waals surface area (Å²) in [5, 5.41) is 1.54. The van der Waals surface area contributed by atoms with Gasteiger partial charge in [0.15, 0.2) is 0 Å². The van der Waals surface area contributed by atoms with Gasteiger partial charge in [0.1, 0.15) is 5.75 Å². The lowest BCUT2D eigenvalue weighted by Gasteiger charge is -2.25. The van der Waals surface area contributed by atoms with Crippen LogP contribution in [-0.4, -0.2) is 6.61 Å². The summed E-state index contributed by atoms with van der Waals surface area (Å²) in [7, 11) is 0. The molecule has 2 rings (SSSR count). The molecule has 0 heterocycles. The monoisotopic (exact) mass is 288 g/mol. The summed E-state index contributed by atoms with van der Waals surface area (Å²) in [6.45, 7) is 0.813. The molecule has 0 atom stereocenters. The minimum absolute atomic E-state index is 0.714. The number of benzene rings is 1. The third-order valence-electron chi connectivity index (χ3n) is 2.85. The van der Waals surface area contributed by atoms with E-state index in [0.29, 0.717) is 5.02 Å². The molecule has 0 bridgehead atoms. The van der Waals surface area contributed by atoms with Gasteiger partial charge in [-0.1, -0.05) is 40.0 Å². The maximum absolute atomic E-state index is 6.11. The zero-order valence-electron chi connectivity index (χ0n) is 8.51. The molecule has 15 heavy (non-hydrogen) atoms. The predicted molar refractivity (Wildman–Crippen MR) is 66.9 cm³/mol. The Hall–Kier alpha value is -0.210. The topological polar surface area (TPSA) is 9.23 Å². The van der Waals surface area contributed by atoms with Crippen molar-refractivity contribution in [1.29, 1.82) is 0 Å². The second kappa shape index (κ2) is 5.22. The maximum atomic E-state index is 6.11. The fourth-order valence-electron chi connectivity index (χ4n) is 1.61. The van der Waals surface area contributed by atoms with Crippen LogP contribution in [0, 0.1) is 5.92 Å². The standard InChI is InChI=1S/C12H14BrClO/c13-7-10-4-5-12(11(14)6-10)15-8-9-2-1-3-9/h4-6,9H,1-3,7-8H2. The summed E-state index contributed by atoms with van der Waals surface area (Å²) in [5.41, 5.74) is 1.18. The molecule has 0 N–H and O–H groups in total. The molecule has 1 aromatic rings. The van der Waals surface area contributed by atoms with Crippen molar-refractivity contribution in [1.82, 2.24) is 0 Å². The first kappa shape index (κ1) is 11.3. The second-order valence-corrected chi connectivity index (χ2v) is 4.97. The van der Waals surface area contributed by atoms with Crippen LogP contribution >= 0.6 is 27.5 Å². The molecule has 0 unspecified atom stereocenters. The molecular weight excluding hydrogens is 275 g/mol. The average molecular weight is 290 g/mol. The first-order valence-corrected chi connectivity index (χ1v) is 6.76. The smallest absolute Gasteiger partial charge is 0.137 e. The van der Waals surface area contributed by atoms with Crippen LogP contribution < -0.4 is 4.74 Å². The zero-order chi connectivity index (χ0) is 10.7. The fraction of sp³-hybridized carbons (Fsp3) is 0.500. The Kier molecular flexibility index (Phi) is 3.92. The SMILES string of the molecule is Clc1cc(CBr)ccc1OCC1CCC1. The van der Waals surface area contributed by atoms with Crippen molar-refractivity contribution in [2.75, 3.05) is 6.61 Å². The Bertz CT molecular complexity index is 336. The Balaban J connectivity index is 1.95. The van der Waals surface area contributed by atoms with Crippen LogP contribution in [0.5, 0.6) is 5.75 Å². The highest BCUT2D eigenvalue weighted by Crippen LogP contribution is 2.30. The molecule has 0 aliphatic heterocycles. The van der Waals surface area contributed by atoms with Crippen LogP contribution in [0.1, 0.15) is 24.8 Å². The van der Waals surface area contributed by atoms with Gasteiger partial charge in [0, 0.05) is 5.33 Å². The number of ether oxygens (including phenoxy) is 1. The van der Waals surface area contributed by atoms with E-state index >= 15 is 0 Å². The van der Waals surface area contributed by atoms with Crippen LogP contribution in [0.2, 0.25) is 5.02 Å². The van der Waals surface area contributed by atoms with Crippen LogP contribution in [-0.2, 0) is 5.33 Å². The van der Waals surface area contributed by atoms with Crippen molar-refractivity contribution in [2.24, 2.45) is 5.92 Å². The molecule has 1 nitrogen and oxygen atoms in total. The summed E-state index contributed by atoms with van der Waals surface area (Å²) >= 11 is 9.51. The van der Waals surface area contributed by atoms with Crippen LogP contribution in [0.25, 0.3) is 0 Å². The quantitative estimate of drug-likeness (QED) is 0.746. The molecule has 1 saturated carbocycles. The Morgan fingerprint density at radius 1 is 1.40 bits per heavy atom. The summed E-state index contributed by atoms with van der Waals surface area (Å²) in [4.78, 5) is 0. The van der Waals surface area contributed by atoms with Crippen molar-refractivity contribution in [3.8, 4) is 5.75 Å². The highest BCUT2D eigenvalue weighted by molar-refractivity contribution is 9.08. The summed E-state index contributed by atoms with van der Waals surface area (Å²) in [6.07, 6.45) is 3.96. The molecule has 0 aromatic heterocycles.